The maximum Gasteiger partial charge on any atom is 0.0638 e. The van der Waals surface area contributed by atoms with Gasteiger partial charge in [-0.3, -0.25) is 4.99 Å². The van der Waals surface area contributed by atoms with Crippen LogP contribution in [0.5, 0.6) is 0 Å². The van der Waals surface area contributed by atoms with Gasteiger partial charge in [-0.25, -0.2) is 0 Å². The average molecular weight is 233 g/mol. The lowest BCUT2D eigenvalue weighted by atomic mass is 9.75. The number of rotatable bonds is 5. The van der Waals surface area contributed by atoms with Crippen LogP contribution in [-0.4, -0.2) is 12.3 Å². The molecular formula is C16H27N. The molecule has 1 aliphatic carbocycles. The molecule has 0 saturated heterocycles. The molecule has 0 saturated carbocycles. The standard InChI is InChI=1S/C16H27N/c1-13(2)7-6-12-16(4,17-5)15-10-8-14(3)9-11-15/h6-8,13,15H,5,9-12H2,1-4H3. The average Bonchev–Trinajstić information content (AvgIpc) is 2.29. The van der Waals surface area contributed by atoms with E-state index in [4.69, 9.17) is 0 Å². The summed E-state index contributed by atoms with van der Waals surface area (Å²) in [5, 5.41) is 0. The van der Waals surface area contributed by atoms with Gasteiger partial charge in [0.15, 0.2) is 0 Å². The van der Waals surface area contributed by atoms with Crippen LogP contribution in [0.2, 0.25) is 0 Å². The van der Waals surface area contributed by atoms with Gasteiger partial charge in [0.05, 0.1) is 5.54 Å². The molecule has 0 fully saturated rings. The molecule has 2 atom stereocenters. The largest absolute Gasteiger partial charge is 0.294 e. The van der Waals surface area contributed by atoms with Crippen molar-refractivity contribution in [1.82, 2.24) is 0 Å². The lowest BCUT2D eigenvalue weighted by Gasteiger charge is -2.35. The van der Waals surface area contributed by atoms with Crippen molar-refractivity contribution >= 4 is 6.72 Å². The summed E-state index contributed by atoms with van der Waals surface area (Å²) >= 11 is 0. The van der Waals surface area contributed by atoms with Crippen molar-refractivity contribution in [2.75, 3.05) is 0 Å². The van der Waals surface area contributed by atoms with E-state index in [1.807, 2.05) is 0 Å². The van der Waals surface area contributed by atoms with Crippen molar-refractivity contribution in [3.8, 4) is 0 Å². The Balaban J connectivity index is 2.65. The van der Waals surface area contributed by atoms with Crippen molar-refractivity contribution in [3.05, 3.63) is 23.8 Å². The summed E-state index contributed by atoms with van der Waals surface area (Å²) < 4.78 is 0. The third kappa shape index (κ3) is 4.14. The second-order valence-electron chi connectivity index (χ2n) is 5.91. The topological polar surface area (TPSA) is 12.4 Å². The second-order valence-corrected chi connectivity index (χ2v) is 5.91. The van der Waals surface area contributed by atoms with Gasteiger partial charge >= 0.3 is 0 Å². The minimum absolute atomic E-state index is 0.0165. The fourth-order valence-corrected chi connectivity index (χ4v) is 2.47. The molecule has 1 heteroatoms. The second kappa shape index (κ2) is 6.18. The van der Waals surface area contributed by atoms with Crippen LogP contribution in [0, 0.1) is 11.8 Å². The van der Waals surface area contributed by atoms with E-state index in [-0.39, 0.29) is 5.54 Å². The summed E-state index contributed by atoms with van der Waals surface area (Å²) in [4.78, 5) is 4.44. The molecule has 0 aromatic heterocycles. The molecule has 0 spiro atoms. The van der Waals surface area contributed by atoms with Gasteiger partial charge in [-0.15, -0.1) is 0 Å². The first-order chi connectivity index (χ1) is 7.98. The van der Waals surface area contributed by atoms with Crippen LogP contribution in [0.25, 0.3) is 0 Å². The van der Waals surface area contributed by atoms with E-state index in [0.29, 0.717) is 11.8 Å². The van der Waals surface area contributed by atoms with Crippen molar-refractivity contribution < 1.29 is 0 Å². The summed E-state index contributed by atoms with van der Waals surface area (Å²) in [6.45, 7) is 12.7. The molecule has 1 aliphatic rings. The van der Waals surface area contributed by atoms with Crippen LogP contribution in [0.1, 0.15) is 53.4 Å². The van der Waals surface area contributed by atoms with Crippen molar-refractivity contribution in [2.45, 2.75) is 58.9 Å². The fraction of sp³-hybridized carbons (Fsp3) is 0.688. The van der Waals surface area contributed by atoms with Gasteiger partial charge in [0.1, 0.15) is 0 Å². The highest BCUT2D eigenvalue weighted by atomic mass is 14.8. The summed E-state index contributed by atoms with van der Waals surface area (Å²) in [6, 6.07) is 0. The Bertz CT molecular complexity index is 311. The Morgan fingerprint density at radius 3 is 2.76 bits per heavy atom. The summed E-state index contributed by atoms with van der Waals surface area (Å²) in [5.74, 6) is 1.28. The van der Waals surface area contributed by atoms with E-state index < -0.39 is 0 Å². The minimum atomic E-state index is 0.0165. The molecule has 0 N–H and O–H groups in total. The van der Waals surface area contributed by atoms with E-state index >= 15 is 0 Å². The Kier molecular flexibility index (Phi) is 5.17. The van der Waals surface area contributed by atoms with E-state index in [2.05, 4.69) is 57.6 Å². The molecule has 96 valence electrons. The summed E-state index contributed by atoms with van der Waals surface area (Å²) in [6.07, 6.45) is 11.6. The SMILES string of the molecule is C=NC(C)(CC=CC(C)C)C1CC=C(C)CC1. The predicted molar refractivity (Wildman–Crippen MR) is 77.6 cm³/mol. The van der Waals surface area contributed by atoms with Crippen molar-refractivity contribution in [1.29, 1.82) is 0 Å². The number of hydrogen-bond donors (Lipinski definition) is 0. The molecule has 0 radical (unpaired) electrons. The maximum absolute atomic E-state index is 4.44. The van der Waals surface area contributed by atoms with Gasteiger partial charge in [-0.1, -0.05) is 37.6 Å². The Morgan fingerprint density at radius 1 is 1.59 bits per heavy atom. The first-order valence-electron chi connectivity index (χ1n) is 6.78. The molecule has 0 aromatic carbocycles. The van der Waals surface area contributed by atoms with Crippen LogP contribution >= 0.6 is 0 Å². The first kappa shape index (κ1) is 14.2. The lowest BCUT2D eigenvalue weighted by Crippen LogP contribution is -2.33. The van der Waals surface area contributed by atoms with Gasteiger partial charge in [0.25, 0.3) is 0 Å². The number of hydrogen-bond acceptors (Lipinski definition) is 1. The zero-order valence-electron chi connectivity index (χ0n) is 11.9. The van der Waals surface area contributed by atoms with Crippen molar-refractivity contribution in [3.63, 3.8) is 0 Å². The van der Waals surface area contributed by atoms with Gasteiger partial charge in [-0.2, -0.15) is 0 Å². The molecular weight excluding hydrogens is 206 g/mol. The highest BCUT2D eigenvalue weighted by Gasteiger charge is 2.32. The fourth-order valence-electron chi connectivity index (χ4n) is 2.47. The normalized spacial score (nSPS) is 24.8. The van der Waals surface area contributed by atoms with Crippen LogP contribution in [0.4, 0.5) is 0 Å². The molecule has 0 heterocycles. The first-order valence-corrected chi connectivity index (χ1v) is 6.78. The van der Waals surface area contributed by atoms with Gasteiger partial charge in [-0.05, 0) is 58.1 Å². The quantitative estimate of drug-likeness (QED) is 0.478. The predicted octanol–water partition coefficient (Wildman–Crippen LogP) is 4.79. The monoisotopic (exact) mass is 233 g/mol. The van der Waals surface area contributed by atoms with Crippen LogP contribution in [-0.2, 0) is 0 Å². The van der Waals surface area contributed by atoms with E-state index in [1.165, 1.54) is 18.4 Å². The molecule has 0 amide bonds. The highest BCUT2D eigenvalue weighted by Crippen LogP contribution is 2.36. The van der Waals surface area contributed by atoms with Crippen LogP contribution in [0.3, 0.4) is 0 Å². The number of aliphatic imine (C=N–C) groups is 1. The van der Waals surface area contributed by atoms with Crippen LogP contribution in [0.15, 0.2) is 28.8 Å². The summed E-state index contributed by atoms with van der Waals surface area (Å²) in [7, 11) is 0. The molecule has 0 aromatic rings. The third-order valence-corrected chi connectivity index (χ3v) is 3.93. The summed E-state index contributed by atoms with van der Waals surface area (Å²) in [5.41, 5.74) is 1.55. The molecule has 1 nitrogen and oxygen atoms in total. The molecule has 0 bridgehead atoms. The Morgan fingerprint density at radius 2 is 2.29 bits per heavy atom. The van der Waals surface area contributed by atoms with Gasteiger partial charge in [0, 0.05) is 0 Å². The zero-order valence-corrected chi connectivity index (χ0v) is 11.9. The van der Waals surface area contributed by atoms with E-state index in [0.717, 1.165) is 12.8 Å². The van der Waals surface area contributed by atoms with Crippen LogP contribution < -0.4 is 0 Å². The molecule has 0 aliphatic heterocycles. The zero-order chi connectivity index (χ0) is 12.9. The third-order valence-electron chi connectivity index (χ3n) is 3.93. The van der Waals surface area contributed by atoms with Crippen molar-refractivity contribution in [2.24, 2.45) is 16.8 Å². The van der Waals surface area contributed by atoms with E-state index in [1.54, 1.807) is 0 Å². The number of nitrogens with zero attached hydrogens (tertiary/aromatic N) is 1. The lowest BCUT2D eigenvalue weighted by molar-refractivity contribution is 0.277. The smallest absolute Gasteiger partial charge is 0.0638 e. The van der Waals surface area contributed by atoms with E-state index in [9.17, 15) is 0 Å². The highest BCUT2D eigenvalue weighted by molar-refractivity contribution is 5.27. The molecule has 1 rings (SSSR count). The Hall–Kier alpha value is -0.850. The van der Waals surface area contributed by atoms with Gasteiger partial charge < -0.3 is 0 Å². The molecule has 2 unspecified atom stereocenters. The minimum Gasteiger partial charge on any atom is -0.294 e. The Labute approximate surface area is 107 Å². The maximum atomic E-state index is 4.44. The van der Waals surface area contributed by atoms with Gasteiger partial charge in [0.2, 0.25) is 0 Å². The number of allylic oxidation sites excluding steroid dienone is 3. The molecule has 17 heavy (non-hydrogen) atoms.